The number of benzene rings is 2. The Labute approximate surface area is 128 Å². The van der Waals surface area contributed by atoms with Crippen molar-refractivity contribution in [2.75, 3.05) is 0 Å². The fourth-order valence-corrected chi connectivity index (χ4v) is 2.45. The predicted octanol–water partition coefficient (Wildman–Crippen LogP) is 4.67. The van der Waals surface area contributed by atoms with E-state index in [0.29, 0.717) is 5.56 Å². The molecule has 1 aromatic heterocycles. The van der Waals surface area contributed by atoms with Crippen molar-refractivity contribution in [3.8, 4) is 17.0 Å². The number of aromatic hydroxyl groups is 1. The monoisotopic (exact) mass is 324 g/mol. The Hall–Kier alpha value is -2.34. The van der Waals surface area contributed by atoms with Crippen LogP contribution < -0.4 is 0 Å². The molecule has 1 N–H and O–H groups in total. The number of rotatable bonds is 1. The lowest BCUT2D eigenvalue weighted by atomic mass is 10.0. The Morgan fingerprint density at radius 2 is 1.73 bits per heavy atom. The molecular formula is C15H8ClF3N2O. The average Bonchev–Trinajstić information content (AvgIpc) is 2.48. The number of hydrogen-bond acceptors (Lipinski definition) is 3. The van der Waals surface area contributed by atoms with Crippen LogP contribution in [0.1, 0.15) is 5.56 Å². The van der Waals surface area contributed by atoms with E-state index in [0.717, 1.165) is 12.4 Å². The molecule has 0 bridgehead atoms. The Kier molecular flexibility index (Phi) is 3.41. The van der Waals surface area contributed by atoms with Gasteiger partial charge in [-0.2, -0.15) is 13.2 Å². The summed E-state index contributed by atoms with van der Waals surface area (Å²) in [5, 5.41) is 9.90. The second-order valence-electron chi connectivity index (χ2n) is 4.56. The van der Waals surface area contributed by atoms with E-state index in [9.17, 15) is 18.3 Å². The SMILES string of the molecule is Oc1cccc(-c2ncnc3c(C(F)(F)F)cccc23)c1Cl. The van der Waals surface area contributed by atoms with Crippen molar-refractivity contribution in [1.82, 2.24) is 9.97 Å². The number of fused-ring (bicyclic) bond motifs is 1. The van der Waals surface area contributed by atoms with Crippen LogP contribution in [0, 0.1) is 0 Å². The van der Waals surface area contributed by atoms with Gasteiger partial charge in [-0.1, -0.05) is 35.9 Å². The molecule has 0 radical (unpaired) electrons. The van der Waals surface area contributed by atoms with E-state index in [1.54, 1.807) is 6.07 Å². The molecule has 0 aliphatic rings. The summed E-state index contributed by atoms with van der Waals surface area (Å²) < 4.78 is 39.2. The fourth-order valence-electron chi connectivity index (χ4n) is 2.23. The van der Waals surface area contributed by atoms with E-state index >= 15 is 0 Å². The average molecular weight is 325 g/mol. The first-order chi connectivity index (χ1) is 10.4. The zero-order valence-corrected chi connectivity index (χ0v) is 11.7. The summed E-state index contributed by atoms with van der Waals surface area (Å²) in [4.78, 5) is 7.78. The number of aromatic nitrogens is 2. The topological polar surface area (TPSA) is 46.0 Å². The Morgan fingerprint density at radius 1 is 1.00 bits per heavy atom. The van der Waals surface area contributed by atoms with Crippen molar-refractivity contribution in [2.45, 2.75) is 6.18 Å². The van der Waals surface area contributed by atoms with Crippen molar-refractivity contribution < 1.29 is 18.3 Å². The molecule has 0 unspecified atom stereocenters. The fraction of sp³-hybridized carbons (Fsp3) is 0.0667. The number of phenols is 1. The zero-order valence-electron chi connectivity index (χ0n) is 10.9. The van der Waals surface area contributed by atoms with Crippen molar-refractivity contribution in [1.29, 1.82) is 0 Å². The zero-order chi connectivity index (χ0) is 15.9. The summed E-state index contributed by atoms with van der Waals surface area (Å²) in [5.74, 6) is -0.169. The lowest BCUT2D eigenvalue weighted by molar-refractivity contribution is -0.136. The van der Waals surface area contributed by atoms with Crippen LogP contribution in [0.5, 0.6) is 5.75 Å². The number of halogens is 4. The molecule has 3 nitrogen and oxygen atoms in total. The van der Waals surface area contributed by atoms with Gasteiger partial charge in [0.15, 0.2) is 0 Å². The smallest absolute Gasteiger partial charge is 0.418 e. The molecule has 0 amide bonds. The Morgan fingerprint density at radius 3 is 2.45 bits per heavy atom. The standard InChI is InChI=1S/C15H8ClF3N2O/c16-12-8(3-2-6-11(12)22)13-9-4-1-5-10(15(17,18)19)14(9)21-7-20-13/h1-7,22H. The number of nitrogens with zero attached hydrogens (tertiary/aromatic N) is 2. The molecule has 22 heavy (non-hydrogen) atoms. The van der Waals surface area contributed by atoms with Gasteiger partial charge in [0.25, 0.3) is 0 Å². The highest BCUT2D eigenvalue weighted by Crippen LogP contribution is 2.39. The van der Waals surface area contributed by atoms with Crippen molar-refractivity contribution in [2.24, 2.45) is 0 Å². The number of para-hydroxylation sites is 1. The van der Waals surface area contributed by atoms with Gasteiger partial charge in [-0.3, -0.25) is 0 Å². The molecule has 0 aliphatic carbocycles. The lowest BCUT2D eigenvalue weighted by Gasteiger charge is -2.12. The van der Waals surface area contributed by atoms with E-state index in [2.05, 4.69) is 9.97 Å². The van der Waals surface area contributed by atoms with E-state index in [1.165, 1.54) is 24.3 Å². The molecule has 112 valence electrons. The third-order valence-corrected chi connectivity index (χ3v) is 3.60. The van der Waals surface area contributed by atoms with Gasteiger partial charge >= 0.3 is 6.18 Å². The maximum Gasteiger partial charge on any atom is 0.418 e. The largest absolute Gasteiger partial charge is 0.506 e. The van der Waals surface area contributed by atoms with Gasteiger partial charge in [-0.25, -0.2) is 9.97 Å². The van der Waals surface area contributed by atoms with Crippen LogP contribution in [0.2, 0.25) is 5.02 Å². The van der Waals surface area contributed by atoms with E-state index < -0.39 is 11.7 Å². The molecule has 0 aliphatic heterocycles. The minimum absolute atomic E-state index is 0.0277. The first-order valence-electron chi connectivity index (χ1n) is 6.18. The molecule has 0 saturated heterocycles. The maximum atomic E-state index is 13.1. The molecule has 0 fully saturated rings. The number of hydrogen-bond donors (Lipinski definition) is 1. The van der Waals surface area contributed by atoms with Crippen LogP contribution in [-0.2, 0) is 6.18 Å². The van der Waals surface area contributed by atoms with E-state index in [1.807, 2.05) is 0 Å². The minimum atomic E-state index is -4.52. The highest BCUT2D eigenvalue weighted by atomic mass is 35.5. The Bertz CT molecular complexity index is 865. The maximum absolute atomic E-state index is 13.1. The van der Waals surface area contributed by atoms with Crippen LogP contribution in [0.3, 0.4) is 0 Å². The van der Waals surface area contributed by atoms with Crippen LogP contribution in [0.15, 0.2) is 42.7 Å². The molecule has 7 heteroatoms. The Balaban J connectivity index is 2.35. The summed E-state index contributed by atoms with van der Waals surface area (Å²) in [7, 11) is 0. The summed E-state index contributed by atoms with van der Waals surface area (Å²) in [6.07, 6.45) is -3.47. The van der Waals surface area contributed by atoms with Gasteiger partial charge in [0.2, 0.25) is 0 Å². The van der Waals surface area contributed by atoms with Gasteiger partial charge in [0, 0.05) is 10.9 Å². The molecule has 3 aromatic rings. The minimum Gasteiger partial charge on any atom is -0.506 e. The number of phenolic OH excluding ortho intramolecular Hbond substituents is 1. The summed E-state index contributed by atoms with van der Waals surface area (Å²) in [6.45, 7) is 0. The van der Waals surface area contributed by atoms with Crippen LogP contribution in [0.25, 0.3) is 22.2 Å². The van der Waals surface area contributed by atoms with Crippen LogP contribution in [-0.4, -0.2) is 15.1 Å². The molecular weight excluding hydrogens is 317 g/mol. The summed E-state index contributed by atoms with van der Waals surface area (Å²) >= 11 is 6.03. The van der Waals surface area contributed by atoms with Crippen molar-refractivity contribution >= 4 is 22.5 Å². The molecule has 0 spiro atoms. The molecule has 0 saturated carbocycles. The number of alkyl halides is 3. The highest BCUT2D eigenvalue weighted by molar-refractivity contribution is 6.35. The van der Waals surface area contributed by atoms with Gasteiger partial charge in [0.05, 0.1) is 21.8 Å². The van der Waals surface area contributed by atoms with Crippen LogP contribution >= 0.6 is 11.6 Å². The van der Waals surface area contributed by atoms with Crippen LogP contribution in [0.4, 0.5) is 13.2 Å². The molecule has 3 rings (SSSR count). The van der Waals surface area contributed by atoms with Gasteiger partial charge in [0.1, 0.15) is 12.1 Å². The summed E-state index contributed by atoms with van der Waals surface area (Å²) in [5.41, 5.74) is -0.477. The summed E-state index contributed by atoms with van der Waals surface area (Å²) in [6, 6.07) is 8.23. The first-order valence-corrected chi connectivity index (χ1v) is 6.56. The molecule has 0 atom stereocenters. The van der Waals surface area contributed by atoms with Gasteiger partial charge in [-0.15, -0.1) is 0 Å². The van der Waals surface area contributed by atoms with Crippen molar-refractivity contribution in [3.05, 3.63) is 53.3 Å². The predicted molar refractivity (Wildman–Crippen MR) is 76.7 cm³/mol. The first kappa shape index (κ1) is 14.6. The van der Waals surface area contributed by atoms with E-state index in [-0.39, 0.29) is 27.4 Å². The molecule has 2 aromatic carbocycles. The lowest BCUT2D eigenvalue weighted by Crippen LogP contribution is -2.07. The quantitative estimate of drug-likeness (QED) is 0.707. The second kappa shape index (κ2) is 5.14. The third kappa shape index (κ3) is 2.35. The van der Waals surface area contributed by atoms with E-state index in [4.69, 9.17) is 11.6 Å². The van der Waals surface area contributed by atoms with Gasteiger partial charge < -0.3 is 5.11 Å². The second-order valence-corrected chi connectivity index (χ2v) is 4.94. The van der Waals surface area contributed by atoms with Crippen molar-refractivity contribution in [3.63, 3.8) is 0 Å². The highest BCUT2D eigenvalue weighted by Gasteiger charge is 2.33. The third-order valence-electron chi connectivity index (χ3n) is 3.20. The molecule has 1 heterocycles. The van der Waals surface area contributed by atoms with Gasteiger partial charge in [-0.05, 0) is 12.1 Å². The normalized spacial score (nSPS) is 11.8.